The van der Waals surface area contributed by atoms with Crippen molar-refractivity contribution in [2.45, 2.75) is 85.7 Å². The van der Waals surface area contributed by atoms with Crippen LogP contribution in [0, 0.1) is 22.7 Å². The van der Waals surface area contributed by atoms with Crippen molar-refractivity contribution in [3.63, 3.8) is 0 Å². The molecule has 0 saturated heterocycles. The van der Waals surface area contributed by atoms with Gasteiger partial charge in [0.25, 0.3) is 0 Å². The maximum atomic E-state index is 6.31. The van der Waals surface area contributed by atoms with Gasteiger partial charge in [-0.25, -0.2) is 0 Å². The summed E-state index contributed by atoms with van der Waals surface area (Å²) in [5.74, 6) is 1.55. The van der Waals surface area contributed by atoms with E-state index >= 15 is 0 Å². The molecule has 0 unspecified atom stereocenters. The standard InChI is InChI=1S/C18H34O/c1-7-13-19-18(6)12-9-15-16(3,4)10-8-11-17(15,5)14(18)2/h14-15H,7-13H2,1-6H3/t14-,15-,17+,18+/m0/s1. The number of ether oxygens (including phenoxy) is 1. The van der Waals surface area contributed by atoms with Gasteiger partial charge in [-0.2, -0.15) is 0 Å². The summed E-state index contributed by atoms with van der Waals surface area (Å²) in [5, 5.41) is 0. The predicted octanol–water partition coefficient (Wildman–Crippen LogP) is 5.43. The second-order valence-corrected chi connectivity index (χ2v) is 8.32. The molecule has 0 aromatic heterocycles. The monoisotopic (exact) mass is 266 g/mol. The first-order valence-corrected chi connectivity index (χ1v) is 8.40. The van der Waals surface area contributed by atoms with Crippen molar-refractivity contribution in [1.82, 2.24) is 0 Å². The van der Waals surface area contributed by atoms with Gasteiger partial charge in [-0.3, -0.25) is 0 Å². The van der Waals surface area contributed by atoms with Gasteiger partial charge in [0.1, 0.15) is 0 Å². The highest BCUT2D eigenvalue weighted by Gasteiger charge is 2.56. The van der Waals surface area contributed by atoms with Crippen LogP contribution in [-0.2, 0) is 4.74 Å². The van der Waals surface area contributed by atoms with Crippen molar-refractivity contribution >= 4 is 0 Å². The van der Waals surface area contributed by atoms with E-state index in [-0.39, 0.29) is 5.60 Å². The molecule has 1 heteroatoms. The Bertz CT molecular complexity index is 322. The van der Waals surface area contributed by atoms with Gasteiger partial charge >= 0.3 is 0 Å². The fourth-order valence-corrected chi connectivity index (χ4v) is 5.28. The van der Waals surface area contributed by atoms with Crippen molar-refractivity contribution in [2.24, 2.45) is 22.7 Å². The average molecular weight is 266 g/mol. The maximum absolute atomic E-state index is 6.31. The third kappa shape index (κ3) is 2.48. The van der Waals surface area contributed by atoms with Crippen LogP contribution in [0.1, 0.15) is 80.1 Å². The number of fused-ring (bicyclic) bond motifs is 1. The summed E-state index contributed by atoms with van der Waals surface area (Å²) in [5.41, 5.74) is 1.10. The number of hydrogen-bond acceptors (Lipinski definition) is 1. The molecule has 2 rings (SSSR count). The van der Waals surface area contributed by atoms with Crippen LogP contribution in [0.25, 0.3) is 0 Å². The fraction of sp³-hybridized carbons (Fsp3) is 1.00. The van der Waals surface area contributed by atoms with Crippen LogP contribution in [-0.4, -0.2) is 12.2 Å². The Morgan fingerprint density at radius 2 is 1.74 bits per heavy atom. The SMILES string of the molecule is CCCO[C@]1(C)CC[C@H]2C(C)(C)CCC[C@]2(C)[C@@H]1C. The molecule has 2 fully saturated rings. The summed E-state index contributed by atoms with van der Waals surface area (Å²) in [4.78, 5) is 0. The lowest BCUT2D eigenvalue weighted by molar-refractivity contribution is -0.185. The van der Waals surface area contributed by atoms with Crippen LogP contribution < -0.4 is 0 Å². The predicted molar refractivity (Wildman–Crippen MR) is 82.3 cm³/mol. The topological polar surface area (TPSA) is 9.23 Å². The average Bonchev–Trinajstić information content (AvgIpc) is 2.32. The molecule has 2 aliphatic rings. The summed E-state index contributed by atoms with van der Waals surface area (Å²) in [6.07, 6.45) is 7.94. The Labute approximate surface area is 120 Å². The minimum atomic E-state index is 0.106. The van der Waals surface area contributed by atoms with Gasteiger partial charge in [0.2, 0.25) is 0 Å². The molecule has 0 bridgehead atoms. The highest BCUT2D eigenvalue weighted by molar-refractivity contribution is 5.06. The van der Waals surface area contributed by atoms with Gasteiger partial charge in [-0.05, 0) is 61.7 Å². The lowest BCUT2D eigenvalue weighted by Gasteiger charge is -2.61. The Balaban J connectivity index is 2.23. The minimum absolute atomic E-state index is 0.106. The van der Waals surface area contributed by atoms with Crippen molar-refractivity contribution in [1.29, 1.82) is 0 Å². The minimum Gasteiger partial charge on any atom is -0.375 e. The second-order valence-electron chi connectivity index (χ2n) is 8.32. The van der Waals surface area contributed by atoms with Gasteiger partial charge < -0.3 is 4.74 Å². The molecule has 0 aromatic rings. The van der Waals surface area contributed by atoms with Crippen molar-refractivity contribution in [3.05, 3.63) is 0 Å². The lowest BCUT2D eigenvalue weighted by Crippen LogP contribution is -2.57. The Kier molecular flexibility index (Phi) is 4.09. The maximum Gasteiger partial charge on any atom is 0.0685 e. The third-order valence-electron chi connectivity index (χ3n) is 6.75. The zero-order valence-corrected chi connectivity index (χ0v) is 14.0. The molecule has 2 saturated carbocycles. The van der Waals surface area contributed by atoms with Gasteiger partial charge in [0.15, 0.2) is 0 Å². The van der Waals surface area contributed by atoms with E-state index < -0.39 is 0 Å². The van der Waals surface area contributed by atoms with Gasteiger partial charge in [-0.15, -0.1) is 0 Å². The first-order chi connectivity index (χ1) is 8.76. The van der Waals surface area contributed by atoms with E-state index in [2.05, 4.69) is 41.5 Å². The summed E-state index contributed by atoms with van der Waals surface area (Å²) in [6.45, 7) is 15.5. The molecule has 0 radical (unpaired) electrons. The van der Waals surface area contributed by atoms with Gasteiger partial charge in [0, 0.05) is 6.61 Å². The Morgan fingerprint density at radius 3 is 2.37 bits per heavy atom. The molecule has 0 N–H and O–H groups in total. The molecule has 0 aliphatic heterocycles. The first kappa shape index (κ1) is 15.4. The number of hydrogen-bond donors (Lipinski definition) is 0. The molecule has 4 atom stereocenters. The summed E-state index contributed by atoms with van der Waals surface area (Å²) in [7, 11) is 0. The van der Waals surface area contributed by atoms with E-state index in [1.54, 1.807) is 0 Å². The van der Waals surface area contributed by atoms with Crippen LogP contribution in [0.15, 0.2) is 0 Å². The van der Waals surface area contributed by atoms with Crippen LogP contribution in [0.4, 0.5) is 0 Å². The molecule has 0 heterocycles. The van der Waals surface area contributed by atoms with Crippen molar-refractivity contribution in [3.8, 4) is 0 Å². The zero-order chi connectivity index (χ0) is 14.3. The number of rotatable bonds is 3. The van der Waals surface area contributed by atoms with E-state index in [1.165, 1.54) is 32.1 Å². The molecule has 1 nitrogen and oxygen atoms in total. The molecule has 0 aromatic carbocycles. The zero-order valence-electron chi connectivity index (χ0n) is 14.0. The lowest BCUT2D eigenvalue weighted by atomic mass is 9.46. The fourth-order valence-electron chi connectivity index (χ4n) is 5.28. The Morgan fingerprint density at radius 1 is 1.05 bits per heavy atom. The van der Waals surface area contributed by atoms with E-state index in [9.17, 15) is 0 Å². The normalized spacial score (nSPS) is 45.8. The third-order valence-corrected chi connectivity index (χ3v) is 6.75. The molecule has 19 heavy (non-hydrogen) atoms. The van der Waals surface area contributed by atoms with Crippen LogP contribution in [0.2, 0.25) is 0 Å². The molecular weight excluding hydrogens is 232 g/mol. The van der Waals surface area contributed by atoms with E-state index in [1.807, 2.05) is 0 Å². The summed E-state index contributed by atoms with van der Waals surface area (Å²) >= 11 is 0. The molecule has 0 spiro atoms. The molecule has 0 amide bonds. The van der Waals surface area contributed by atoms with Gasteiger partial charge in [0.05, 0.1) is 5.60 Å². The highest BCUT2D eigenvalue weighted by Crippen LogP contribution is 2.62. The van der Waals surface area contributed by atoms with Gasteiger partial charge in [-0.1, -0.05) is 41.0 Å². The molecular formula is C18H34O. The smallest absolute Gasteiger partial charge is 0.0685 e. The van der Waals surface area contributed by atoms with Crippen LogP contribution in [0.3, 0.4) is 0 Å². The largest absolute Gasteiger partial charge is 0.375 e. The summed E-state index contributed by atoms with van der Waals surface area (Å²) in [6, 6.07) is 0. The van der Waals surface area contributed by atoms with Crippen molar-refractivity contribution < 1.29 is 4.74 Å². The van der Waals surface area contributed by atoms with E-state index in [0.717, 1.165) is 18.9 Å². The second kappa shape index (κ2) is 5.06. The molecule has 2 aliphatic carbocycles. The summed E-state index contributed by atoms with van der Waals surface area (Å²) < 4.78 is 6.31. The van der Waals surface area contributed by atoms with Crippen LogP contribution >= 0.6 is 0 Å². The van der Waals surface area contributed by atoms with E-state index in [4.69, 9.17) is 4.74 Å². The Hall–Kier alpha value is -0.0400. The first-order valence-electron chi connectivity index (χ1n) is 8.40. The van der Waals surface area contributed by atoms with E-state index in [0.29, 0.717) is 16.7 Å². The van der Waals surface area contributed by atoms with Crippen LogP contribution in [0.5, 0.6) is 0 Å². The molecule has 112 valence electrons. The van der Waals surface area contributed by atoms with Crippen molar-refractivity contribution in [2.75, 3.05) is 6.61 Å². The quantitative estimate of drug-likeness (QED) is 0.661. The highest BCUT2D eigenvalue weighted by atomic mass is 16.5.